The Labute approximate surface area is 372 Å². The topological polar surface area (TPSA) is 51.8 Å². The van der Waals surface area contributed by atoms with Crippen LogP contribution in [0.5, 0.6) is 0 Å². The van der Waals surface area contributed by atoms with Crippen LogP contribution < -0.4 is 0 Å². The van der Waals surface area contributed by atoms with E-state index in [0.29, 0.717) is 17.5 Å². The summed E-state index contributed by atoms with van der Waals surface area (Å²) in [4.78, 5) is 16.1. The molecule has 0 saturated heterocycles. The fourth-order valence-electron chi connectivity index (χ4n) is 9.54. The summed E-state index contributed by atoms with van der Waals surface area (Å²) in [6, 6.07) is 75.0. The van der Waals surface area contributed by atoms with E-state index in [1.54, 1.807) is 11.3 Å². The fourth-order valence-corrected chi connectivity index (χ4v) is 10.7. The Hall–Kier alpha value is -8.25. The second-order valence-corrected chi connectivity index (χ2v) is 17.4. The first-order valence-corrected chi connectivity index (χ1v) is 22.3. The molecule has 0 saturated carbocycles. The maximum absolute atomic E-state index is 7.01. The molecule has 0 atom stereocenters. The van der Waals surface area contributed by atoms with Crippen molar-refractivity contribution < 1.29 is 4.42 Å². The number of hydrogen-bond acceptors (Lipinski definition) is 5. The maximum Gasteiger partial charge on any atom is 0.165 e. The van der Waals surface area contributed by atoms with Crippen LogP contribution in [0.3, 0.4) is 0 Å². The number of aromatic nitrogens is 3. The minimum absolute atomic E-state index is 0.595. The van der Waals surface area contributed by atoms with E-state index >= 15 is 0 Å². The van der Waals surface area contributed by atoms with Crippen molar-refractivity contribution in [3.05, 3.63) is 212 Å². The fraction of sp³-hybridized carbons (Fsp3) is 0. The van der Waals surface area contributed by atoms with E-state index in [2.05, 4.69) is 194 Å². The third-order valence-electron chi connectivity index (χ3n) is 12.5. The first kappa shape index (κ1) is 36.4. The summed E-state index contributed by atoms with van der Waals surface area (Å²) < 4.78 is 9.42. The van der Waals surface area contributed by atoms with Crippen molar-refractivity contribution in [3.63, 3.8) is 0 Å². The predicted molar refractivity (Wildman–Crippen MR) is 268 cm³/mol. The quantitative estimate of drug-likeness (QED) is 0.167. The van der Waals surface area contributed by atoms with Gasteiger partial charge in [-0.05, 0) is 79.9 Å². The lowest BCUT2D eigenvalue weighted by Crippen LogP contribution is -2.01. The van der Waals surface area contributed by atoms with Gasteiger partial charge in [-0.3, -0.25) is 0 Å². The van der Waals surface area contributed by atoms with Crippen molar-refractivity contribution >= 4 is 75.0 Å². The van der Waals surface area contributed by atoms with Gasteiger partial charge in [0.05, 0.1) is 0 Å². The zero-order valence-electron chi connectivity index (χ0n) is 34.4. The highest BCUT2D eigenvalue weighted by Gasteiger charge is 2.24. The molecule has 0 amide bonds. The zero-order valence-corrected chi connectivity index (χ0v) is 35.2. The van der Waals surface area contributed by atoms with Gasteiger partial charge in [0.15, 0.2) is 17.5 Å². The van der Waals surface area contributed by atoms with E-state index in [1.165, 1.54) is 42.4 Å². The van der Waals surface area contributed by atoms with Crippen LogP contribution in [0.4, 0.5) is 0 Å². The molecule has 64 heavy (non-hydrogen) atoms. The van der Waals surface area contributed by atoms with Crippen LogP contribution in [-0.4, -0.2) is 15.0 Å². The molecule has 298 valence electrons. The lowest BCUT2D eigenvalue weighted by molar-refractivity contribution is 0.673. The van der Waals surface area contributed by atoms with Crippen LogP contribution in [0.1, 0.15) is 0 Å². The molecule has 0 bridgehead atoms. The Morgan fingerprint density at radius 1 is 0.328 bits per heavy atom. The van der Waals surface area contributed by atoms with Gasteiger partial charge in [-0.1, -0.05) is 182 Å². The molecule has 4 nitrogen and oxygen atoms in total. The van der Waals surface area contributed by atoms with Crippen molar-refractivity contribution in [2.24, 2.45) is 0 Å². The number of benzene rings is 10. The molecule has 5 heteroatoms. The summed E-state index contributed by atoms with van der Waals surface area (Å²) in [5, 5.41) is 8.78. The molecule has 0 radical (unpaired) electrons. The minimum Gasteiger partial charge on any atom is -0.455 e. The molecule has 3 heterocycles. The molecule has 0 aliphatic rings. The largest absolute Gasteiger partial charge is 0.455 e. The van der Waals surface area contributed by atoms with Crippen molar-refractivity contribution in [2.45, 2.75) is 0 Å². The van der Waals surface area contributed by atoms with Crippen molar-refractivity contribution in [1.29, 1.82) is 0 Å². The predicted octanol–water partition coefficient (Wildman–Crippen LogP) is 16.4. The van der Waals surface area contributed by atoms with E-state index in [9.17, 15) is 0 Å². The monoisotopic (exact) mass is 833 g/mol. The second-order valence-electron chi connectivity index (χ2n) is 16.3. The van der Waals surface area contributed by atoms with Gasteiger partial charge in [0.25, 0.3) is 0 Å². The van der Waals surface area contributed by atoms with Gasteiger partial charge in [0, 0.05) is 53.0 Å². The molecule has 10 aromatic carbocycles. The number of thiophene rings is 1. The molecule has 13 aromatic rings. The molecule has 0 fully saturated rings. The Balaban J connectivity index is 1.05. The van der Waals surface area contributed by atoms with E-state index in [1.807, 2.05) is 18.2 Å². The molecule has 0 spiro atoms. The molecule has 0 N–H and O–H groups in total. The van der Waals surface area contributed by atoms with E-state index in [4.69, 9.17) is 19.4 Å². The van der Waals surface area contributed by atoms with Gasteiger partial charge in [-0.15, -0.1) is 11.3 Å². The Bertz CT molecular complexity index is 3950. The summed E-state index contributed by atoms with van der Waals surface area (Å²) in [7, 11) is 0. The van der Waals surface area contributed by atoms with Crippen molar-refractivity contribution in [3.8, 4) is 67.5 Å². The van der Waals surface area contributed by atoms with E-state index in [-0.39, 0.29) is 0 Å². The van der Waals surface area contributed by atoms with Gasteiger partial charge in [-0.2, -0.15) is 0 Å². The average molecular weight is 834 g/mol. The van der Waals surface area contributed by atoms with Crippen LogP contribution in [0.15, 0.2) is 217 Å². The lowest BCUT2D eigenvalue weighted by Gasteiger charge is -2.13. The van der Waals surface area contributed by atoms with Gasteiger partial charge in [-0.25, -0.2) is 15.0 Å². The van der Waals surface area contributed by atoms with Gasteiger partial charge in [0.2, 0.25) is 0 Å². The third kappa shape index (κ3) is 5.93. The summed E-state index contributed by atoms with van der Waals surface area (Å²) in [5.74, 6) is 1.82. The van der Waals surface area contributed by atoms with E-state index in [0.717, 1.165) is 71.3 Å². The Morgan fingerprint density at radius 2 is 0.938 bits per heavy atom. The molecular formula is C59H35N3OS. The van der Waals surface area contributed by atoms with Crippen LogP contribution in [-0.2, 0) is 0 Å². The second kappa shape index (κ2) is 14.7. The number of fused-ring (bicyclic) bond motifs is 9. The van der Waals surface area contributed by atoms with Crippen molar-refractivity contribution in [1.82, 2.24) is 15.0 Å². The highest BCUT2D eigenvalue weighted by atomic mass is 32.1. The molecule has 0 aliphatic heterocycles. The number of rotatable bonds is 6. The summed E-state index contributed by atoms with van der Waals surface area (Å²) in [5.41, 5.74) is 11.4. The number of hydrogen-bond donors (Lipinski definition) is 0. The average Bonchev–Trinajstić information content (AvgIpc) is 3.95. The first-order chi connectivity index (χ1) is 31.7. The van der Waals surface area contributed by atoms with Crippen LogP contribution in [0, 0.1) is 0 Å². The smallest absolute Gasteiger partial charge is 0.165 e. The molecule has 0 unspecified atom stereocenters. The highest BCUT2D eigenvalue weighted by molar-refractivity contribution is 7.26. The van der Waals surface area contributed by atoms with Crippen LogP contribution in [0.25, 0.3) is 131 Å². The molecule has 0 aliphatic carbocycles. The van der Waals surface area contributed by atoms with Crippen molar-refractivity contribution in [2.75, 3.05) is 0 Å². The normalized spacial score (nSPS) is 11.8. The molecular weight excluding hydrogens is 799 g/mol. The van der Waals surface area contributed by atoms with Gasteiger partial charge >= 0.3 is 0 Å². The standard InChI is InChI=1S/C59H35N3OS/c1-4-16-36(17-5-1)39-24-14-25-40(32-39)44-28-15-29-50-52(44)47-31-30-43(35-51(47)64-50)58-60-57(38-20-8-3-9-21-38)61-59(62-58)54-45-26-12-10-23-42(45)34-49-55(54)53-48(37-18-6-2-7-19-37)33-41-22-11-13-27-46(41)56(53)63-49/h1-35H. The first-order valence-electron chi connectivity index (χ1n) is 21.5. The number of furan rings is 1. The summed E-state index contributed by atoms with van der Waals surface area (Å²) >= 11 is 1.80. The SMILES string of the molecule is c1ccc(-c2cccc(-c3cccc4sc5cc(-c6nc(-c7ccccc7)nc(-c7c8ccccc8cc8oc9c%10ccccc%10cc(-c%10ccccc%10)c9c78)n6)ccc5c34)c2)cc1. The summed E-state index contributed by atoms with van der Waals surface area (Å²) in [6.07, 6.45) is 0. The van der Waals surface area contributed by atoms with Crippen LogP contribution in [0.2, 0.25) is 0 Å². The minimum atomic E-state index is 0.595. The Morgan fingerprint density at radius 3 is 1.72 bits per heavy atom. The molecule has 13 rings (SSSR count). The third-order valence-corrected chi connectivity index (χ3v) is 13.6. The van der Waals surface area contributed by atoms with E-state index < -0.39 is 0 Å². The number of nitrogens with zero attached hydrogens (tertiary/aromatic N) is 3. The summed E-state index contributed by atoms with van der Waals surface area (Å²) in [6.45, 7) is 0. The maximum atomic E-state index is 7.01. The lowest BCUT2D eigenvalue weighted by atomic mass is 9.92. The molecule has 3 aromatic heterocycles. The Kier molecular flexibility index (Phi) is 8.36. The van der Waals surface area contributed by atoms with Crippen LogP contribution >= 0.6 is 11.3 Å². The zero-order chi connectivity index (χ0) is 42.1. The van der Waals surface area contributed by atoms with Gasteiger partial charge < -0.3 is 4.42 Å². The van der Waals surface area contributed by atoms with Gasteiger partial charge in [0.1, 0.15) is 11.2 Å². The highest BCUT2D eigenvalue weighted by Crippen LogP contribution is 2.48.